The van der Waals surface area contributed by atoms with E-state index < -0.39 is 0 Å². The van der Waals surface area contributed by atoms with E-state index in [4.69, 9.17) is 23.2 Å². The second kappa shape index (κ2) is 10.2. The van der Waals surface area contributed by atoms with Gasteiger partial charge in [0.25, 0.3) is 5.91 Å². The lowest BCUT2D eigenvalue weighted by Gasteiger charge is -2.32. The number of carbonyl (C=O) groups excluding carboxylic acids is 2. The van der Waals surface area contributed by atoms with Crippen molar-refractivity contribution in [2.45, 2.75) is 17.7 Å². The molecule has 28 heavy (non-hydrogen) atoms. The van der Waals surface area contributed by atoms with E-state index in [1.165, 1.54) is 0 Å². The highest BCUT2D eigenvalue weighted by Gasteiger charge is 2.28. The largest absolute Gasteiger partial charge is 0.355 e. The van der Waals surface area contributed by atoms with Crippen molar-refractivity contribution in [3.63, 3.8) is 0 Å². The number of hydrogen-bond donors (Lipinski definition) is 1. The zero-order chi connectivity index (χ0) is 19.9. The predicted octanol–water partition coefficient (Wildman–Crippen LogP) is 4.75. The van der Waals surface area contributed by atoms with Crippen LogP contribution < -0.4 is 5.32 Å². The Morgan fingerprint density at radius 1 is 1.04 bits per heavy atom. The van der Waals surface area contributed by atoms with Crippen molar-refractivity contribution in [1.82, 2.24) is 10.2 Å². The number of likely N-dealkylation sites (tertiary alicyclic amines) is 1. The van der Waals surface area contributed by atoms with Crippen molar-refractivity contribution in [2.24, 2.45) is 5.92 Å². The lowest BCUT2D eigenvalue weighted by molar-refractivity contribution is -0.126. The molecule has 1 N–H and O–H groups in total. The van der Waals surface area contributed by atoms with Gasteiger partial charge in [-0.3, -0.25) is 9.59 Å². The minimum absolute atomic E-state index is 0.0188. The van der Waals surface area contributed by atoms with Gasteiger partial charge in [0, 0.05) is 45.9 Å². The summed E-state index contributed by atoms with van der Waals surface area (Å²) >= 11 is 13.4. The van der Waals surface area contributed by atoms with E-state index in [1.807, 2.05) is 24.3 Å². The molecule has 7 heteroatoms. The van der Waals surface area contributed by atoms with Crippen LogP contribution in [0.4, 0.5) is 0 Å². The van der Waals surface area contributed by atoms with Gasteiger partial charge in [-0.2, -0.15) is 0 Å². The Labute approximate surface area is 179 Å². The molecule has 0 spiro atoms. The van der Waals surface area contributed by atoms with Crippen molar-refractivity contribution in [1.29, 1.82) is 0 Å². The summed E-state index contributed by atoms with van der Waals surface area (Å²) in [6, 6.07) is 14.5. The Morgan fingerprint density at radius 3 is 2.36 bits per heavy atom. The molecule has 2 amide bonds. The Bertz CT molecular complexity index is 812. The number of halogens is 2. The molecule has 1 aliphatic rings. The minimum Gasteiger partial charge on any atom is -0.355 e. The highest BCUT2D eigenvalue weighted by Crippen LogP contribution is 2.21. The predicted molar refractivity (Wildman–Crippen MR) is 115 cm³/mol. The zero-order valence-corrected chi connectivity index (χ0v) is 17.7. The lowest BCUT2D eigenvalue weighted by atomic mass is 9.96. The molecule has 1 unspecified atom stereocenters. The third kappa shape index (κ3) is 5.90. The molecule has 1 atom stereocenters. The van der Waals surface area contributed by atoms with Gasteiger partial charge in [-0.1, -0.05) is 23.2 Å². The van der Waals surface area contributed by atoms with Crippen LogP contribution in [0.15, 0.2) is 53.4 Å². The normalized spacial score (nSPS) is 16.6. The van der Waals surface area contributed by atoms with Crippen LogP contribution in [0.25, 0.3) is 0 Å². The molecule has 1 heterocycles. The van der Waals surface area contributed by atoms with Crippen LogP contribution in [0.5, 0.6) is 0 Å². The Balaban J connectivity index is 1.45. The van der Waals surface area contributed by atoms with Crippen LogP contribution >= 0.6 is 35.0 Å². The summed E-state index contributed by atoms with van der Waals surface area (Å²) in [4.78, 5) is 28.1. The van der Waals surface area contributed by atoms with Gasteiger partial charge in [0.15, 0.2) is 0 Å². The summed E-state index contributed by atoms with van der Waals surface area (Å²) in [6.45, 7) is 1.73. The van der Waals surface area contributed by atoms with Gasteiger partial charge in [-0.05, 0) is 61.4 Å². The highest BCUT2D eigenvalue weighted by atomic mass is 35.5. The summed E-state index contributed by atoms with van der Waals surface area (Å²) in [5, 5.41) is 4.32. The summed E-state index contributed by atoms with van der Waals surface area (Å²) < 4.78 is 0. The lowest BCUT2D eigenvalue weighted by Crippen LogP contribution is -2.45. The van der Waals surface area contributed by atoms with Crippen molar-refractivity contribution in [3.05, 3.63) is 64.1 Å². The van der Waals surface area contributed by atoms with Gasteiger partial charge in [0.05, 0.1) is 5.92 Å². The van der Waals surface area contributed by atoms with E-state index >= 15 is 0 Å². The quantitative estimate of drug-likeness (QED) is 0.524. The molecule has 1 fully saturated rings. The molecular formula is C21H22Cl2N2O2S. The van der Waals surface area contributed by atoms with E-state index in [-0.39, 0.29) is 17.7 Å². The van der Waals surface area contributed by atoms with Gasteiger partial charge >= 0.3 is 0 Å². The van der Waals surface area contributed by atoms with Gasteiger partial charge in [0.2, 0.25) is 5.91 Å². The molecule has 4 nitrogen and oxygen atoms in total. The average molecular weight is 437 g/mol. The summed E-state index contributed by atoms with van der Waals surface area (Å²) in [7, 11) is 0. The fourth-order valence-electron chi connectivity index (χ4n) is 3.17. The first-order chi connectivity index (χ1) is 13.5. The second-order valence-electron chi connectivity index (χ2n) is 6.69. The van der Waals surface area contributed by atoms with Crippen LogP contribution in [-0.2, 0) is 4.79 Å². The number of nitrogens with one attached hydrogen (secondary N) is 1. The molecule has 0 aromatic heterocycles. The van der Waals surface area contributed by atoms with Crippen LogP contribution in [0.3, 0.4) is 0 Å². The molecule has 3 rings (SSSR count). The number of amides is 2. The van der Waals surface area contributed by atoms with Crippen LogP contribution in [-0.4, -0.2) is 42.1 Å². The average Bonchev–Trinajstić information content (AvgIpc) is 2.72. The van der Waals surface area contributed by atoms with E-state index in [1.54, 1.807) is 40.9 Å². The zero-order valence-electron chi connectivity index (χ0n) is 15.4. The topological polar surface area (TPSA) is 49.4 Å². The van der Waals surface area contributed by atoms with Crippen molar-refractivity contribution < 1.29 is 9.59 Å². The highest BCUT2D eigenvalue weighted by molar-refractivity contribution is 7.99. The van der Waals surface area contributed by atoms with Gasteiger partial charge < -0.3 is 10.2 Å². The van der Waals surface area contributed by atoms with Gasteiger partial charge in [-0.15, -0.1) is 11.8 Å². The number of nitrogens with zero attached hydrogens (tertiary/aromatic N) is 1. The third-order valence-electron chi connectivity index (χ3n) is 4.65. The second-order valence-corrected chi connectivity index (χ2v) is 8.73. The van der Waals surface area contributed by atoms with E-state index in [2.05, 4.69) is 5.32 Å². The van der Waals surface area contributed by atoms with Crippen molar-refractivity contribution in [2.75, 3.05) is 25.4 Å². The van der Waals surface area contributed by atoms with Crippen molar-refractivity contribution in [3.8, 4) is 0 Å². The fraction of sp³-hybridized carbons (Fsp3) is 0.333. The number of thioether (sulfide) groups is 1. The molecule has 148 valence electrons. The Morgan fingerprint density at radius 2 is 1.68 bits per heavy atom. The molecule has 0 bridgehead atoms. The molecule has 1 aliphatic heterocycles. The Kier molecular flexibility index (Phi) is 7.65. The minimum atomic E-state index is -0.162. The first kappa shape index (κ1) is 21.0. The van der Waals surface area contributed by atoms with Gasteiger partial charge in [0.1, 0.15) is 0 Å². The molecular weight excluding hydrogens is 415 g/mol. The molecule has 1 saturated heterocycles. The smallest absolute Gasteiger partial charge is 0.253 e. The maximum absolute atomic E-state index is 12.7. The first-order valence-electron chi connectivity index (χ1n) is 9.24. The van der Waals surface area contributed by atoms with Crippen LogP contribution in [0, 0.1) is 5.92 Å². The van der Waals surface area contributed by atoms with E-state index in [0.29, 0.717) is 35.2 Å². The maximum atomic E-state index is 12.7. The standard InChI is InChI=1S/C21H22Cl2N2O2S/c22-17-5-3-15(4-6-17)21(27)25-12-1-2-16(14-25)20(26)24-11-13-28-19-9-7-18(23)8-10-19/h3-10,16H,1-2,11-14H2,(H,24,26). The number of hydrogen-bond acceptors (Lipinski definition) is 3. The third-order valence-corrected chi connectivity index (χ3v) is 6.17. The molecule has 0 aliphatic carbocycles. The monoisotopic (exact) mass is 436 g/mol. The van der Waals surface area contributed by atoms with E-state index in [9.17, 15) is 9.59 Å². The maximum Gasteiger partial charge on any atom is 0.253 e. The summed E-state index contributed by atoms with van der Waals surface area (Å²) in [5.74, 6) is 0.594. The summed E-state index contributed by atoms with van der Waals surface area (Å²) in [5.41, 5.74) is 0.602. The summed E-state index contributed by atoms with van der Waals surface area (Å²) in [6.07, 6.45) is 1.64. The molecule has 2 aromatic carbocycles. The SMILES string of the molecule is O=C(NCCSc1ccc(Cl)cc1)C1CCCN(C(=O)c2ccc(Cl)cc2)C1. The van der Waals surface area contributed by atoms with Gasteiger partial charge in [-0.25, -0.2) is 0 Å². The first-order valence-corrected chi connectivity index (χ1v) is 11.0. The fourth-order valence-corrected chi connectivity index (χ4v) is 4.19. The number of rotatable bonds is 6. The van der Waals surface area contributed by atoms with Crippen LogP contribution in [0.2, 0.25) is 10.0 Å². The molecule has 0 saturated carbocycles. The van der Waals surface area contributed by atoms with Crippen molar-refractivity contribution >= 4 is 46.8 Å². The Hall–Kier alpha value is -1.69. The number of benzene rings is 2. The number of carbonyl (C=O) groups is 2. The van der Waals surface area contributed by atoms with E-state index in [0.717, 1.165) is 23.5 Å². The number of piperidine rings is 1. The molecule has 2 aromatic rings. The van der Waals surface area contributed by atoms with Crippen LogP contribution in [0.1, 0.15) is 23.2 Å². The molecule has 0 radical (unpaired) electrons.